The number of nitrogens with zero attached hydrogens (tertiary/aromatic N) is 1. The van der Waals surface area contributed by atoms with Crippen LogP contribution in [-0.4, -0.2) is 48.5 Å². The number of carboxylic acid groups (broad SMARTS) is 2. The van der Waals surface area contributed by atoms with Gasteiger partial charge >= 0.3 is 6.16 Å². The van der Waals surface area contributed by atoms with E-state index < -0.39 is 6.16 Å². The first kappa shape index (κ1) is 18.6. The SMILES string of the molecule is CCCCCCCCC[N+](C)(C)C.O=C(O)O. The predicted molar refractivity (Wildman–Crippen MR) is 71.5 cm³/mol. The molecule has 0 aromatic carbocycles. The van der Waals surface area contributed by atoms with E-state index in [1.165, 1.54) is 51.5 Å². The summed E-state index contributed by atoms with van der Waals surface area (Å²) in [5, 5.41) is 13.9. The lowest BCUT2D eigenvalue weighted by Gasteiger charge is -2.23. The van der Waals surface area contributed by atoms with Crippen molar-refractivity contribution < 1.29 is 19.5 Å². The molecule has 0 saturated carbocycles. The van der Waals surface area contributed by atoms with E-state index in [1.807, 2.05) is 0 Å². The van der Waals surface area contributed by atoms with Crippen LogP contribution in [0.3, 0.4) is 0 Å². The number of unbranched alkanes of at least 4 members (excludes halogenated alkanes) is 6. The van der Waals surface area contributed by atoms with Crippen molar-refractivity contribution in [1.29, 1.82) is 0 Å². The summed E-state index contributed by atoms with van der Waals surface area (Å²) in [7, 11) is 6.82. The fourth-order valence-electron chi connectivity index (χ4n) is 1.54. The summed E-state index contributed by atoms with van der Waals surface area (Å²) in [5.41, 5.74) is 0. The van der Waals surface area contributed by atoms with Crippen LogP contribution >= 0.6 is 0 Å². The van der Waals surface area contributed by atoms with E-state index in [2.05, 4.69) is 28.1 Å². The molecule has 4 heteroatoms. The van der Waals surface area contributed by atoms with Gasteiger partial charge < -0.3 is 14.7 Å². The van der Waals surface area contributed by atoms with Gasteiger partial charge in [0.1, 0.15) is 0 Å². The van der Waals surface area contributed by atoms with Gasteiger partial charge in [0.25, 0.3) is 0 Å². The van der Waals surface area contributed by atoms with Crippen LogP contribution in [0.2, 0.25) is 0 Å². The van der Waals surface area contributed by atoms with Crippen LogP contribution < -0.4 is 0 Å². The number of quaternary nitrogens is 1. The van der Waals surface area contributed by atoms with Gasteiger partial charge in [-0.25, -0.2) is 4.79 Å². The van der Waals surface area contributed by atoms with Gasteiger partial charge in [-0.05, 0) is 12.8 Å². The first-order valence-electron chi connectivity index (χ1n) is 6.52. The van der Waals surface area contributed by atoms with E-state index in [0.717, 1.165) is 4.48 Å². The van der Waals surface area contributed by atoms with E-state index in [-0.39, 0.29) is 0 Å². The number of hydrogen-bond acceptors (Lipinski definition) is 1. The van der Waals surface area contributed by atoms with Gasteiger partial charge in [0.15, 0.2) is 0 Å². The first-order valence-corrected chi connectivity index (χ1v) is 6.52. The average Bonchev–Trinajstić information content (AvgIpc) is 2.14. The smallest absolute Gasteiger partial charge is 0.450 e. The molecule has 0 aliphatic carbocycles. The van der Waals surface area contributed by atoms with E-state index in [1.54, 1.807) is 0 Å². The molecule has 0 fully saturated rings. The number of carbonyl (C=O) groups is 1. The van der Waals surface area contributed by atoms with E-state index in [9.17, 15) is 0 Å². The van der Waals surface area contributed by atoms with Gasteiger partial charge in [-0.15, -0.1) is 0 Å². The largest absolute Gasteiger partial charge is 0.503 e. The lowest BCUT2D eigenvalue weighted by molar-refractivity contribution is -0.870. The van der Waals surface area contributed by atoms with Gasteiger partial charge in [-0.1, -0.05) is 39.0 Å². The molecule has 0 aliphatic rings. The molecule has 0 aromatic heterocycles. The lowest BCUT2D eigenvalue weighted by atomic mass is 10.1. The second kappa shape index (κ2) is 11.7. The maximum absolute atomic E-state index is 8.56. The molecule has 0 radical (unpaired) electrons. The number of rotatable bonds is 8. The minimum Gasteiger partial charge on any atom is -0.450 e. The fraction of sp³-hybridized carbons (Fsp3) is 0.923. The van der Waals surface area contributed by atoms with Crippen LogP contribution in [-0.2, 0) is 0 Å². The molecule has 0 rings (SSSR count). The second-order valence-electron chi connectivity index (χ2n) is 5.42. The summed E-state index contributed by atoms with van der Waals surface area (Å²) in [6.07, 6.45) is 8.12. The highest BCUT2D eigenvalue weighted by atomic mass is 16.6. The van der Waals surface area contributed by atoms with Gasteiger partial charge in [0.2, 0.25) is 0 Å². The van der Waals surface area contributed by atoms with Crippen molar-refractivity contribution in [2.24, 2.45) is 0 Å². The van der Waals surface area contributed by atoms with Crippen LogP contribution in [0, 0.1) is 0 Å². The van der Waals surface area contributed by atoms with Crippen molar-refractivity contribution in [2.45, 2.75) is 51.9 Å². The number of hydrogen-bond donors (Lipinski definition) is 2. The molecule has 0 aliphatic heterocycles. The van der Waals surface area contributed by atoms with Crippen LogP contribution in [0.25, 0.3) is 0 Å². The third kappa shape index (κ3) is 31.3. The quantitative estimate of drug-likeness (QED) is 0.509. The van der Waals surface area contributed by atoms with Gasteiger partial charge in [-0.2, -0.15) is 0 Å². The summed E-state index contributed by atoms with van der Waals surface area (Å²) < 4.78 is 1.12. The second-order valence-corrected chi connectivity index (χ2v) is 5.42. The van der Waals surface area contributed by atoms with E-state index in [4.69, 9.17) is 15.0 Å². The Morgan fingerprint density at radius 1 is 0.882 bits per heavy atom. The van der Waals surface area contributed by atoms with Gasteiger partial charge in [-0.3, -0.25) is 0 Å². The van der Waals surface area contributed by atoms with Crippen LogP contribution in [0.4, 0.5) is 4.79 Å². The van der Waals surface area contributed by atoms with Crippen molar-refractivity contribution in [3.63, 3.8) is 0 Å². The predicted octanol–water partition coefficient (Wildman–Crippen LogP) is 3.67. The first-order chi connectivity index (χ1) is 7.79. The van der Waals surface area contributed by atoms with Crippen LogP contribution in [0.1, 0.15) is 51.9 Å². The molecule has 0 heterocycles. The molecule has 0 atom stereocenters. The van der Waals surface area contributed by atoms with Crippen molar-refractivity contribution in [2.75, 3.05) is 27.7 Å². The molecule has 104 valence electrons. The van der Waals surface area contributed by atoms with E-state index in [0.29, 0.717) is 0 Å². The van der Waals surface area contributed by atoms with Gasteiger partial charge in [0, 0.05) is 0 Å². The highest BCUT2D eigenvalue weighted by Gasteiger charge is 2.04. The Labute approximate surface area is 106 Å². The summed E-state index contributed by atoms with van der Waals surface area (Å²) in [6, 6.07) is 0. The zero-order chi connectivity index (χ0) is 13.7. The van der Waals surface area contributed by atoms with Crippen molar-refractivity contribution >= 4 is 6.16 Å². The summed E-state index contributed by atoms with van der Waals surface area (Å²) >= 11 is 0. The molecule has 0 spiro atoms. The summed E-state index contributed by atoms with van der Waals surface area (Å²) in [4.78, 5) is 8.56. The van der Waals surface area contributed by atoms with Crippen molar-refractivity contribution in [3.05, 3.63) is 0 Å². The Morgan fingerprint density at radius 3 is 1.59 bits per heavy atom. The van der Waals surface area contributed by atoms with Crippen LogP contribution in [0.15, 0.2) is 0 Å². The zero-order valence-electron chi connectivity index (χ0n) is 11.9. The molecule has 0 bridgehead atoms. The van der Waals surface area contributed by atoms with Crippen molar-refractivity contribution in [1.82, 2.24) is 0 Å². The Morgan fingerprint density at radius 2 is 1.24 bits per heavy atom. The highest BCUT2D eigenvalue weighted by molar-refractivity contribution is 5.53. The normalized spacial score (nSPS) is 10.6. The maximum Gasteiger partial charge on any atom is 0.503 e. The molecule has 4 nitrogen and oxygen atoms in total. The topological polar surface area (TPSA) is 57.5 Å². The van der Waals surface area contributed by atoms with Crippen molar-refractivity contribution in [3.8, 4) is 0 Å². The minimum atomic E-state index is -1.83. The molecule has 0 aromatic rings. The molecular formula is C13H30NO3+. The Kier molecular flexibility index (Phi) is 12.8. The Hall–Kier alpha value is -0.770. The molecule has 0 unspecified atom stereocenters. The standard InChI is InChI=1S/C12H28N.CH2O3/c1-5-6-7-8-9-10-11-12-13(2,3)4;2-1(3)4/h5-12H2,1-4H3;(H2,2,3,4)/q+1;. The van der Waals surface area contributed by atoms with Gasteiger partial charge in [0.05, 0.1) is 27.7 Å². The third-order valence-electron chi connectivity index (χ3n) is 2.43. The van der Waals surface area contributed by atoms with E-state index >= 15 is 0 Å². The average molecular weight is 248 g/mol. The monoisotopic (exact) mass is 248 g/mol. The zero-order valence-corrected chi connectivity index (χ0v) is 11.9. The lowest BCUT2D eigenvalue weighted by Crippen LogP contribution is -2.35. The van der Waals surface area contributed by atoms with Crippen LogP contribution in [0.5, 0.6) is 0 Å². The fourth-order valence-corrected chi connectivity index (χ4v) is 1.54. The molecule has 0 saturated heterocycles. The molecule has 17 heavy (non-hydrogen) atoms. The maximum atomic E-state index is 8.56. The Balaban J connectivity index is 0. The minimum absolute atomic E-state index is 1.12. The summed E-state index contributed by atoms with van der Waals surface area (Å²) in [5.74, 6) is 0. The molecule has 2 N–H and O–H groups in total. The molecule has 0 amide bonds. The highest BCUT2D eigenvalue weighted by Crippen LogP contribution is 2.07. The Bertz CT molecular complexity index is 172. The summed E-state index contributed by atoms with van der Waals surface area (Å²) in [6.45, 7) is 3.60. The molecular weight excluding hydrogens is 218 g/mol. The third-order valence-corrected chi connectivity index (χ3v) is 2.43.